The third-order valence-corrected chi connectivity index (χ3v) is 5.19. The molecule has 0 N–H and O–H groups in total. The fraction of sp³-hybridized carbons (Fsp3) is 0.250. The summed E-state index contributed by atoms with van der Waals surface area (Å²) >= 11 is 5.84. The Balaban J connectivity index is 1.56. The number of hydrogen-bond donors (Lipinski definition) is 0. The molecule has 0 radical (unpaired) electrons. The van der Waals surface area contributed by atoms with Crippen LogP contribution in [0.15, 0.2) is 40.9 Å². The van der Waals surface area contributed by atoms with Crippen molar-refractivity contribution >= 4 is 23.2 Å². The van der Waals surface area contributed by atoms with Gasteiger partial charge in [-0.3, -0.25) is 4.79 Å². The zero-order chi connectivity index (χ0) is 19.1. The lowest BCUT2D eigenvalue weighted by Gasteiger charge is -2.16. The van der Waals surface area contributed by atoms with E-state index in [9.17, 15) is 9.18 Å². The number of anilines is 1. The number of aromatic nitrogens is 2. The van der Waals surface area contributed by atoms with E-state index in [1.807, 2.05) is 32.0 Å². The number of aryl methyl sites for hydroxylation is 2. The van der Waals surface area contributed by atoms with Crippen LogP contribution in [0.2, 0.25) is 5.02 Å². The highest BCUT2D eigenvalue weighted by Gasteiger charge is 2.35. The maximum atomic E-state index is 13.4. The van der Waals surface area contributed by atoms with Gasteiger partial charge in [-0.2, -0.15) is 4.98 Å². The molecule has 1 aromatic heterocycles. The van der Waals surface area contributed by atoms with Crippen molar-refractivity contribution in [3.8, 4) is 11.5 Å². The van der Waals surface area contributed by atoms with Gasteiger partial charge in [-0.25, -0.2) is 4.39 Å². The van der Waals surface area contributed by atoms with Crippen molar-refractivity contribution in [2.24, 2.45) is 0 Å². The quantitative estimate of drug-likeness (QED) is 0.657. The van der Waals surface area contributed by atoms with E-state index in [2.05, 4.69) is 10.1 Å². The molecular weight excluding hydrogens is 369 g/mol. The predicted octanol–water partition coefficient (Wildman–Crippen LogP) is 4.67. The van der Waals surface area contributed by atoms with Crippen LogP contribution in [0.1, 0.15) is 29.3 Å². The zero-order valence-electron chi connectivity index (χ0n) is 14.9. The van der Waals surface area contributed by atoms with Crippen molar-refractivity contribution in [1.82, 2.24) is 10.1 Å². The van der Waals surface area contributed by atoms with Gasteiger partial charge in [0.1, 0.15) is 5.82 Å². The molecule has 1 unspecified atom stereocenters. The second-order valence-corrected chi connectivity index (χ2v) is 7.17. The Morgan fingerprint density at radius 2 is 2.00 bits per heavy atom. The highest BCUT2D eigenvalue weighted by atomic mass is 35.5. The van der Waals surface area contributed by atoms with Crippen LogP contribution in [-0.2, 0) is 4.79 Å². The number of carbonyl (C=O) groups is 1. The van der Waals surface area contributed by atoms with Gasteiger partial charge in [-0.05, 0) is 55.3 Å². The fourth-order valence-electron chi connectivity index (χ4n) is 3.18. The molecule has 0 bridgehead atoms. The Kier molecular flexibility index (Phi) is 4.44. The Morgan fingerprint density at radius 3 is 2.74 bits per heavy atom. The summed E-state index contributed by atoms with van der Waals surface area (Å²) in [4.78, 5) is 18.5. The molecular formula is C20H17ClFN3O2. The summed E-state index contributed by atoms with van der Waals surface area (Å²) in [5, 5.41) is 4.06. The van der Waals surface area contributed by atoms with E-state index in [1.165, 1.54) is 23.8 Å². The van der Waals surface area contributed by atoms with Gasteiger partial charge in [0.2, 0.25) is 5.91 Å². The largest absolute Gasteiger partial charge is 0.334 e. The van der Waals surface area contributed by atoms with Gasteiger partial charge in [0.25, 0.3) is 5.89 Å². The molecule has 7 heteroatoms. The van der Waals surface area contributed by atoms with Gasteiger partial charge in [-0.1, -0.05) is 22.8 Å². The number of amides is 1. The van der Waals surface area contributed by atoms with E-state index in [1.54, 1.807) is 4.90 Å². The topological polar surface area (TPSA) is 59.2 Å². The second kappa shape index (κ2) is 6.78. The molecule has 138 valence electrons. The van der Waals surface area contributed by atoms with Gasteiger partial charge < -0.3 is 9.42 Å². The Hall–Kier alpha value is -2.73. The second-order valence-electron chi connectivity index (χ2n) is 6.76. The van der Waals surface area contributed by atoms with E-state index >= 15 is 0 Å². The molecule has 1 fully saturated rings. The average molecular weight is 386 g/mol. The smallest absolute Gasteiger partial charge is 0.257 e. The molecule has 1 saturated heterocycles. The summed E-state index contributed by atoms with van der Waals surface area (Å²) in [6.45, 7) is 4.46. The monoisotopic (exact) mass is 385 g/mol. The zero-order valence-corrected chi connectivity index (χ0v) is 15.6. The molecule has 1 atom stereocenters. The lowest BCUT2D eigenvalue weighted by atomic mass is 10.1. The van der Waals surface area contributed by atoms with Crippen molar-refractivity contribution in [2.45, 2.75) is 26.2 Å². The number of hydrogen-bond acceptors (Lipinski definition) is 4. The minimum Gasteiger partial charge on any atom is -0.334 e. The van der Waals surface area contributed by atoms with Crippen LogP contribution < -0.4 is 4.90 Å². The van der Waals surface area contributed by atoms with Gasteiger partial charge in [0.15, 0.2) is 5.82 Å². The Morgan fingerprint density at radius 1 is 1.19 bits per heavy atom. The van der Waals surface area contributed by atoms with Crippen LogP contribution in [0.3, 0.4) is 0 Å². The van der Waals surface area contributed by atoms with E-state index in [0.29, 0.717) is 23.9 Å². The first-order valence-corrected chi connectivity index (χ1v) is 8.97. The van der Waals surface area contributed by atoms with Crippen molar-refractivity contribution in [3.05, 3.63) is 64.2 Å². The molecule has 27 heavy (non-hydrogen) atoms. The number of carbonyl (C=O) groups excluding carboxylic acids is 1. The van der Waals surface area contributed by atoms with Crippen LogP contribution in [0.25, 0.3) is 11.5 Å². The van der Waals surface area contributed by atoms with Gasteiger partial charge in [0.05, 0.1) is 5.02 Å². The third kappa shape index (κ3) is 3.32. The summed E-state index contributed by atoms with van der Waals surface area (Å²) < 4.78 is 18.8. The Labute approximate surface area is 160 Å². The first kappa shape index (κ1) is 17.7. The van der Waals surface area contributed by atoms with Gasteiger partial charge >= 0.3 is 0 Å². The molecule has 1 aliphatic heterocycles. The number of benzene rings is 2. The Bertz CT molecular complexity index is 1030. The first-order chi connectivity index (χ1) is 12.9. The molecule has 0 spiro atoms. The van der Waals surface area contributed by atoms with E-state index < -0.39 is 5.82 Å². The molecule has 0 aliphatic carbocycles. The number of halogens is 2. The van der Waals surface area contributed by atoms with Crippen LogP contribution >= 0.6 is 11.6 Å². The summed E-state index contributed by atoms with van der Waals surface area (Å²) in [7, 11) is 0. The van der Waals surface area contributed by atoms with E-state index in [4.69, 9.17) is 16.1 Å². The molecule has 4 rings (SSSR count). The van der Waals surface area contributed by atoms with Crippen molar-refractivity contribution in [1.29, 1.82) is 0 Å². The minimum absolute atomic E-state index is 0.0136. The van der Waals surface area contributed by atoms with Crippen molar-refractivity contribution in [3.63, 3.8) is 0 Å². The molecule has 5 nitrogen and oxygen atoms in total. The van der Waals surface area contributed by atoms with Crippen LogP contribution in [0.4, 0.5) is 10.1 Å². The van der Waals surface area contributed by atoms with Crippen LogP contribution in [0.5, 0.6) is 0 Å². The van der Waals surface area contributed by atoms with Crippen molar-refractivity contribution in [2.75, 3.05) is 11.4 Å². The van der Waals surface area contributed by atoms with E-state index in [0.717, 1.165) is 11.1 Å². The van der Waals surface area contributed by atoms with E-state index in [-0.39, 0.29) is 23.3 Å². The molecule has 0 saturated carbocycles. The lowest BCUT2D eigenvalue weighted by molar-refractivity contribution is -0.117. The summed E-state index contributed by atoms with van der Waals surface area (Å²) in [5.41, 5.74) is 3.74. The van der Waals surface area contributed by atoms with Crippen molar-refractivity contribution < 1.29 is 13.7 Å². The van der Waals surface area contributed by atoms with Crippen LogP contribution in [0, 0.1) is 19.7 Å². The SMILES string of the molecule is Cc1ccc(-c2nc(C3CC(=O)N(c4ccc(F)c(Cl)c4)C3)no2)cc1C. The van der Waals surface area contributed by atoms with Gasteiger partial charge in [-0.15, -0.1) is 0 Å². The molecule has 2 aromatic carbocycles. The summed E-state index contributed by atoms with van der Waals surface area (Å²) in [6.07, 6.45) is 0.265. The maximum Gasteiger partial charge on any atom is 0.257 e. The molecule has 1 aliphatic rings. The highest BCUT2D eigenvalue weighted by molar-refractivity contribution is 6.31. The predicted molar refractivity (Wildman–Crippen MR) is 100 cm³/mol. The number of rotatable bonds is 3. The third-order valence-electron chi connectivity index (χ3n) is 4.90. The average Bonchev–Trinajstić information content (AvgIpc) is 3.27. The minimum atomic E-state index is -0.514. The fourth-order valence-corrected chi connectivity index (χ4v) is 3.35. The lowest BCUT2D eigenvalue weighted by Crippen LogP contribution is -2.24. The van der Waals surface area contributed by atoms with Gasteiger partial charge in [0, 0.05) is 30.1 Å². The molecule has 2 heterocycles. The first-order valence-electron chi connectivity index (χ1n) is 8.59. The van der Waals surface area contributed by atoms with Crippen LogP contribution in [-0.4, -0.2) is 22.6 Å². The molecule has 1 amide bonds. The standard InChI is InChI=1S/C20H17ClFN3O2/c1-11-3-4-13(7-12(11)2)20-23-19(24-27-20)14-8-18(26)25(10-14)15-5-6-17(22)16(21)9-15/h3-7,9,14H,8,10H2,1-2H3. The molecule has 3 aromatic rings. The number of nitrogens with zero attached hydrogens (tertiary/aromatic N) is 3. The summed E-state index contributed by atoms with van der Waals surface area (Å²) in [6, 6.07) is 10.2. The summed E-state index contributed by atoms with van der Waals surface area (Å²) in [5.74, 6) is 0.140. The maximum absolute atomic E-state index is 13.4. The normalized spacial score (nSPS) is 17.0. The highest BCUT2D eigenvalue weighted by Crippen LogP contribution is 2.33.